The smallest absolute Gasteiger partial charge is 0.307 e. The number of hydrogen-bond acceptors (Lipinski definition) is 1. The third kappa shape index (κ3) is 2.66. The van der Waals surface area contributed by atoms with Crippen molar-refractivity contribution in [3.8, 4) is 0 Å². The molecule has 0 amide bonds. The zero-order chi connectivity index (χ0) is 7.40. The van der Waals surface area contributed by atoms with Crippen LogP contribution >= 0.6 is 7.92 Å². The minimum atomic E-state index is -0.604. The maximum Gasteiger partial charge on any atom is 0.307 e. The molecule has 1 heterocycles. The van der Waals surface area contributed by atoms with Gasteiger partial charge in [-0.05, 0) is 25.2 Å². The fraction of sp³-hybridized carbons (Fsp3) is 0.857. The fourth-order valence-corrected chi connectivity index (χ4v) is 3.57. The lowest BCUT2D eigenvalue weighted by Gasteiger charge is -2.19. The van der Waals surface area contributed by atoms with E-state index in [0.717, 1.165) is 0 Å². The highest BCUT2D eigenvalue weighted by Crippen LogP contribution is 2.40. The monoisotopic (exact) mass is 160 g/mol. The molecule has 0 spiro atoms. The average molecular weight is 160 g/mol. The van der Waals surface area contributed by atoms with Gasteiger partial charge in [-0.1, -0.05) is 14.3 Å². The first-order valence-electron chi connectivity index (χ1n) is 3.73. The molecule has 1 aliphatic heterocycles. The van der Waals surface area contributed by atoms with Crippen LogP contribution < -0.4 is 0 Å². The third-order valence-corrected chi connectivity index (χ3v) is 4.42. The van der Waals surface area contributed by atoms with Gasteiger partial charge in [0.2, 0.25) is 0 Å². The molecule has 0 aromatic carbocycles. The maximum atomic E-state index is 10.3. The second-order valence-electron chi connectivity index (χ2n) is 2.73. The summed E-state index contributed by atoms with van der Waals surface area (Å²) in [4.78, 5) is 10.3. The normalized spacial score (nSPS) is 20.8. The second kappa shape index (κ2) is 3.92. The summed E-state index contributed by atoms with van der Waals surface area (Å²) in [6.07, 6.45) is 6.69. The molecule has 1 N–H and O–H groups in total. The lowest BCUT2D eigenvalue weighted by atomic mass is 10.3. The van der Waals surface area contributed by atoms with Crippen LogP contribution in [0.3, 0.4) is 0 Å². The molecule has 0 unspecified atom stereocenters. The van der Waals surface area contributed by atoms with Gasteiger partial charge in [0.05, 0.1) is 6.16 Å². The van der Waals surface area contributed by atoms with Crippen LogP contribution in [-0.4, -0.2) is 29.6 Å². The molecule has 58 valence electrons. The molecule has 0 aromatic heterocycles. The molecule has 0 radical (unpaired) electrons. The van der Waals surface area contributed by atoms with Crippen molar-refractivity contribution < 1.29 is 9.90 Å². The Labute approximate surface area is 62.4 Å². The summed E-state index contributed by atoms with van der Waals surface area (Å²) in [5, 5.41) is 8.48. The van der Waals surface area contributed by atoms with Crippen LogP contribution in [0.25, 0.3) is 0 Å². The van der Waals surface area contributed by atoms with Crippen LogP contribution in [0.1, 0.15) is 19.3 Å². The van der Waals surface area contributed by atoms with Crippen molar-refractivity contribution >= 4 is 13.9 Å². The summed E-state index contributed by atoms with van der Waals surface area (Å²) in [6, 6.07) is 0. The van der Waals surface area contributed by atoms with Gasteiger partial charge in [-0.3, -0.25) is 4.79 Å². The highest BCUT2D eigenvalue weighted by atomic mass is 31.1. The first kappa shape index (κ1) is 8.00. The first-order valence-corrected chi connectivity index (χ1v) is 5.63. The van der Waals surface area contributed by atoms with E-state index < -0.39 is 5.97 Å². The topological polar surface area (TPSA) is 37.3 Å². The van der Waals surface area contributed by atoms with Crippen molar-refractivity contribution in [2.45, 2.75) is 19.3 Å². The molecule has 2 nitrogen and oxygen atoms in total. The Morgan fingerprint density at radius 2 is 1.90 bits per heavy atom. The lowest BCUT2D eigenvalue weighted by Crippen LogP contribution is -2.08. The highest BCUT2D eigenvalue weighted by Gasteiger charge is 2.14. The van der Waals surface area contributed by atoms with Crippen molar-refractivity contribution in [3.05, 3.63) is 0 Å². The van der Waals surface area contributed by atoms with Crippen LogP contribution in [0.5, 0.6) is 0 Å². The fourth-order valence-electron chi connectivity index (χ4n) is 1.31. The van der Waals surface area contributed by atoms with Crippen LogP contribution in [0, 0.1) is 0 Å². The Kier molecular flexibility index (Phi) is 3.14. The average Bonchev–Trinajstić information content (AvgIpc) is 1.88. The number of carboxylic acid groups (broad SMARTS) is 1. The van der Waals surface area contributed by atoms with Gasteiger partial charge in [-0.15, -0.1) is 0 Å². The molecule has 1 saturated heterocycles. The Balaban J connectivity index is 2.19. The van der Waals surface area contributed by atoms with Crippen molar-refractivity contribution in [2.24, 2.45) is 0 Å². The molecule has 0 aromatic rings. The minimum Gasteiger partial charge on any atom is -0.481 e. The van der Waals surface area contributed by atoms with Gasteiger partial charge in [0.1, 0.15) is 0 Å². The second-order valence-corrected chi connectivity index (χ2v) is 5.28. The maximum absolute atomic E-state index is 10.3. The predicted molar refractivity (Wildman–Crippen MR) is 43.0 cm³/mol. The van der Waals surface area contributed by atoms with Gasteiger partial charge in [-0.25, -0.2) is 0 Å². The van der Waals surface area contributed by atoms with Gasteiger partial charge in [0.25, 0.3) is 0 Å². The minimum absolute atomic E-state index is 0.111. The van der Waals surface area contributed by atoms with Crippen LogP contribution in [0.2, 0.25) is 0 Å². The molecule has 0 atom stereocenters. The largest absolute Gasteiger partial charge is 0.481 e. The Morgan fingerprint density at radius 1 is 1.30 bits per heavy atom. The Bertz CT molecular complexity index is 119. The first-order chi connectivity index (χ1) is 4.79. The molecule has 0 saturated carbocycles. The van der Waals surface area contributed by atoms with E-state index in [0.29, 0.717) is 6.16 Å². The Morgan fingerprint density at radius 3 is 2.40 bits per heavy atom. The van der Waals surface area contributed by atoms with Crippen LogP contribution in [0.15, 0.2) is 0 Å². The number of aliphatic carboxylic acids is 1. The van der Waals surface area contributed by atoms with E-state index in [2.05, 4.69) is 0 Å². The lowest BCUT2D eigenvalue weighted by molar-refractivity contribution is -0.134. The van der Waals surface area contributed by atoms with E-state index in [1.165, 1.54) is 31.6 Å². The quantitative estimate of drug-likeness (QED) is 0.624. The van der Waals surface area contributed by atoms with E-state index >= 15 is 0 Å². The molecule has 0 aliphatic carbocycles. The standard InChI is InChI=1S/C7H13O2P/c8-7(9)6-10-4-2-1-3-5-10/h1-6H2,(H,8,9). The van der Waals surface area contributed by atoms with Gasteiger partial charge in [0.15, 0.2) is 0 Å². The van der Waals surface area contributed by atoms with Crippen molar-refractivity contribution in [1.29, 1.82) is 0 Å². The number of rotatable bonds is 2. The summed E-state index contributed by atoms with van der Waals surface area (Å²) >= 11 is 0. The van der Waals surface area contributed by atoms with Crippen molar-refractivity contribution in [1.82, 2.24) is 0 Å². The van der Waals surface area contributed by atoms with Gasteiger partial charge in [0, 0.05) is 0 Å². The van der Waals surface area contributed by atoms with E-state index in [9.17, 15) is 4.79 Å². The van der Waals surface area contributed by atoms with Crippen molar-refractivity contribution in [2.75, 3.05) is 18.5 Å². The Hall–Kier alpha value is -0.100. The molecular formula is C7H13O2P. The zero-order valence-corrected chi connectivity index (χ0v) is 6.94. The van der Waals surface area contributed by atoms with Crippen LogP contribution in [-0.2, 0) is 4.79 Å². The zero-order valence-electron chi connectivity index (χ0n) is 6.05. The SMILES string of the molecule is O=C(O)CP1CCCCC1. The van der Waals surface area contributed by atoms with Crippen LogP contribution in [0.4, 0.5) is 0 Å². The molecule has 0 bridgehead atoms. The number of hydrogen-bond donors (Lipinski definition) is 1. The summed E-state index contributed by atoms with van der Waals surface area (Å²) in [6.45, 7) is 0. The van der Waals surface area contributed by atoms with E-state index in [1.54, 1.807) is 0 Å². The van der Waals surface area contributed by atoms with Crippen molar-refractivity contribution in [3.63, 3.8) is 0 Å². The summed E-state index contributed by atoms with van der Waals surface area (Å²) in [7, 11) is -0.111. The van der Waals surface area contributed by atoms with Gasteiger partial charge >= 0.3 is 5.97 Å². The van der Waals surface area contributed by atoms with E-state index in [4.69, 9.17) is 5.11 Å². The molecule has 1 fully saturated rings. The molecule has 1 aliphatic rings. The van der Waals surface area contributed by atoms with Gasteiger partial charge < -0.3 is 5.11 Å². The highest BCUT2D eigenvalue weighted by molar-refractivity contribution is 7.58. The molecule has 1 rings (SSSR count). The third-order valence-electron chi connectivity index (χ3n) is 1.81. The van der Waals surface area contributed by atoms with E-state index in [-0.39, 0.29) is 7.92 Å². The summed E-state index contributed by atoms with van der Waals surface area (Å²) in [5.74, 6) is -0.604. The molecular weight excluding hydrogens is 147 g/mol. The predicted octanol–water partition coefficient (Wildman–Crippen LogP) is 1.74. The number of carboxylic acids is 1. The summed E-state index contributed by atoms with van der Waals surface area (Å²) in [5.41, 5.74) is 0. The number of carbonyl (C=O) groups is 1. The summed E-state index contributed by atoms with van der Waals surface area (Å²) < 4.78 is 0. The molecule has 3 heteroatoms. The van der Waals surface area contributed by atoms with Gasteiger partial charge in [-0.2, -0.15) is 0 Å². The molecule has 10 heavy (non-hydrogen) atoms. The van der Waals surface area contributed by atoms with E-state index in [1.807, 2.05) is 0 Å².